The molecule has 5 heteroatoms. The van der Waals surface area contributed by atoms with Crippen molar-refractivity contribution in [1.29, 1.82) is 0 Å². The van der Waals surface area contributed by atoms with Gasteiger partial charge in [0.05, 0.1) is 13.7 Å². The minimum absolute atomic E-state index is 0.0825. The SMILES string of the molecule is COc1cc(C2CCC=C(C=Cc3ccc(O)c(CO)c3)O2)ccc1O. The van der Waals surface area contributed by atoms with Crippen LogP contribution in [0.2, 0.25) is 0 Å². The molecule has 5 nitrogen and oxygen atoms in total. The molecule has 0 spiro atoms. The molecule has 1 heterocycles. The summed E-state index contributed by atoms with van der Waals surface area (Å²) in [5.74, 6) is 1.37. The van der Waals surface area contributed by atoms with E-state index in [4.69, 9.17) is 9.47 Å². The molecule has 0 aromatic heterocycles. The second-order valence-electron chi connectivity index (χ2n) is 6.10. The first-order valence-electron chi connectivity index (χ1n) is 8.45. The molecule has 1 aliphatic heterocycles. The van der Waals surface area contributed by atoms with Crippen LogP contribution in [0.5, 0.6) is 17.2 Å². The van der Waals surface area contributed by atoms with Crippen LogP contribution in [0.1, 0.15) is 35.6 Å². The van der Waals surface area contributed by atoms with Crippen molar-refractivity contribution in [3.63, 3.8) is 0 Å². The van der Waals surface area contributed by atoms with Crippen molar-refractivity contribution >= 4 is 6.08 Å². The number of hydrogen-bond donors (Lipinski definition) is 3. The maximum Gasteiger partial charge on any atom is 0.160 e. The quantitative estimate of drug-likeness (QED) is 0.755. The first-order chi connectivity index (χ1) is 12.6. The Morgan fingerprint density at radius 3 is 2.69 bits per heavy atom. The van der Waals surface area contributed by atoms with E-state index in [9.17, 15) is 15.3 Å². The van der Waals surface area contributed by atoms with E-state index >= 15 is 0 Å². The number of aliphatic hydroxyl groups excluding tert-OH is 1. The average Bonchev–Trinajstić information content (AvgIpc) is 2.68. The number of hydrogen-bond acceptors (Lipinski definition) is 5. The molecule has 0 radical (unpaired) electrons. The summed E-state index contributed by atoms with van der Waals surface area (Å²) in [5, 5.41) is 28.6. The predicted molar refractivity (Wildman–Crippen MR) is 98.9 cm³/mol. The molecule has 1 unspecified atom stereocenters. The number of allylic oxidation sites excluding steroid dienone is 2. The molecular formula is C21H22O5. The second-order valence-corrected chi connectivity index (χ2v) is 6.10. The molecule has 0 fully saturated rings. The Morgan fingerprint density at radius 1 is 1.12 bits per heavy atom. The van der Waals surface area contributed by atoms with Crippen molar-refractivity contribution in [3.8, 4) is 17.2 Å². The van der Waals surface area contributed by atoms with E-state index in [0.29, 0.717) is 11.3 Å². The van der Waals surface area contributed by atoms with E-state index in [2.05, 4.69) is 0 Å². The summed E-state index contributed by atoms with van der Waals surface area (Å²) in [6, 6.07) is 10.3. The predicted octanol–water partition coefficient (Wildman–Crippen LogP) is 4.05. The molecule has 0 amide bonds. The van der Waals surface area contributed by atoms with Gasteiger partial charge in [-0.2, -0.15) is 0 Å². The summed E-state index contributed by atoms with van der Waals surface area (Å²) in [6.45, 7) is -0.211. The highest BCUT2D eigenvalue weighted by atomic mass is 16.5. The van der Waals surface area contributed by atoms with Gasteiger partial charge in [0.2, 0.25) is 0 Å². The maximum atomic E-state index is 9.73. The zero-order valence-corrected chi connectivity index (χ0v) is 14.6. The van der Waals surface area contributed by atoms with Crippen LogP contribution >= 0.6 is 0 Å². The summed E-state index contributed by atoms with van der Waals surface area (Å²) in [7, 11) is 1.52. The lowest BCUT2D eigenvalue weighted by atomic mass is 10.0. The van der Waals surface area contributed by atoms with Crippen molar-refractivity contribution in [3.05, 3.63) is 71.0 Å². The Balaban J connectivity index is 1.73. The Hall–Kier alpha value is -2.92. The molecule has 0 bridgehead atoms. The van der Waals surface area contributed by atoms with Crippen LogP contribution in [0.4, 0.5) is 0 Å². The molecule has 26 heavy (non-hydrogen) atoms. The largest absolute Gasteiger partial charge is 0.508 e. The Labute approximate surface area is 152 Å². The Bertz CT molecular complexity index is 838. The molecule has 2 aromatic rings. The van der Waals surface area contributed by atoms with Gasteiger partial charge < -0.3 is 24.8 Å². The zero-order chi connectivity index (χ0) is 18.5. The number of ether oxygens (including phenoxy) is 2. The molecule has 1 aliphatic rings. The van der Waals surface area contributed by atoms with Crippen molar-refractivity contribution in [2.24, 2.45) is 0 Å². The van der Waals surface area contributed by atoms with E-state index in [-0.39, 0.29) is 24.2 Å². The van der Waals surface area contributed by atoms with Gasteiger partial charge in [-0.25, -0.2) is 0 Å². The van der Waals surface area contributed by atoms with Crippen molar-refractivity contribution < 1.29 is 24.8 Å². The Morgan fingerprint density at radius 2 is 1.92 bits per heavy atom. The van der Waals surface area contributed by atoms with Crippen LogP contribution in [-0.4, -0.2) is 22.4 Å². The van der Waals surface area contributed by atoms with Gasteiger partial charge in [0, 0.05) is 5.56 Å². The molecule has 136 valence electrons. The number of phenolic OH excluding ortho intramolecular Hbond substituents is 1. The van der Waals surface area contributed by atoms with Crippen LogP contribution in [-0.2, 0) is 11.3 Å². The van der Waals surface area contributed by atoms with E-state index in [1.54, 1.807) is 30.3 Å². The fourth-order valence-electron chi connectivity index (χ4n) is 2.90. The fourth-order valence-corrected chi connectivity index (χ4v) is 2.90. The molecule has 0 saturated carbocycles. The highest BCUT2D eigenvalue weighted by molar-refractivity contribution is 5.55. The zero-order valence-electron chi connectivity index (χ0n) is 14.6. The number of aromatic hydroxyl groups is 2. The van der Waals surface area contributed by atoms with Gasteiger partial charge in [-0.3, -0.25) is 0 Å². The van der Waals surface area contributed by atoms with Crippen LogP contribution < -0.4 is 4.74 Å². The van der Waals surface area contributed by atoms with E-state index in [1.807, 2.05) is 24.3 Å². The van der Waals surface area contributed by atoms with E-state index < -0.39 is 0 Å². The van der Waals surface area contributed by atoms with Gasteiger partial charge >= 0.3 is 0 Å². The highest BCUT2D eigenvalue weighted by Crippen LogP contribution is 2.35. The summed E-state index contributed by atoms with van der Waals surface area (Å²) in [5.41, 5.74) is 2.30. The lowest BCUT2D eigenvalue weighted by Gasteiger charge is -2.24. The number of methoxy groups -OCH3 is 1. The molecule has 0 aliphatic carbocycles. The number of rotatable bonds is 5. The van der Waals surface area contributed by atoms with E-state index in [1.165, 1.54) is 7.11 Å². The molecule has 3 N–H and O–H groups in total. The van der Waals surface area contributed by atoms with E-state index in [0.717, 1.165) is 29.7 Å². The smallest absolute Gasteiger partial charge is 0.160 e. The summed E-state index contributed by atoms with van der Waals surface area (Å²) in [4.78, 5) is 0. The van der Waals surface area contributed by atoms with Gasteiger partial charge in [-0.05, 0) is 60.4 Å². The maximum absolute atomic E-state index is 9.73. The number of aliphatic hydroxyl groups is 1. The third kappa shape index (κ3) is 4.00. The van der Waals surface area contributed by atoms with Gasteiger partial charge in [-0.1, -0.05) is 18.2 Å². The Kier molecular flexibility index (Phi) is 5.49. The van der Waals surface area contributed by atoms with Crippen LogP contribution in [0.3, 0.4) is 0 Å². The fraction of sp³-hybridized carbons (Fsp3) is 0.238. The number of phenols is 2. The molecule has 0 saturated heterocycles. The standard InChI is InChI=1S/C21H22O5/c1-25-21-12-15(7-10-19(21)24)20-4-2-3-17(26-20)8-5-14-6-9-18(23)16(11-14)13-22/h3,5-12,20,22-24H,2,4,13H2,1H3. The minimum Gasteiger partial charge on any atom is -0.508 e. The van der Waals surface area contributed by atoms with Crippen molar-refractivity contribution in [2.45, 2.75) is 25.6 Å². The van der Waals surface area contributed by atoms with Crippen molar-refractivity contribution in [1.82, 2.24) is 0 Å². The number of benzene rings is 2. The first kappa shape index (κ1) is 17.9. The van der Waals surface area contributed by atoms with Gasteiger partial charge in [0.1, 0.15) is 17.6 Å². The molecular weight excluding hydrogens is 332 g/mol. The van der Waals surface area contributed by atoms with Gasteiger partial charge in [-0.15, -0.1) is 0 Å². The summed E-state index contributed by atoms with van der Waals surface area (Å²) < 4.78 is 11.2. The normalized spacial score (nSPS) is 17.0. The lowest BCUT2D eigenvalue weighted by Crippen LogP contribution is -2.08. The third-order valence-electron chi connectivity index (χ3n) is 4.34. The average molecular weight is 354 g/mol. The second kappa shape index (κ2) is 7.97. The van der Waals surface area contributed by atoms with Gasteiger partial charge in [0.15, 0.2) is 11.5 Å². The minimum atomic E-state index is -0.211. The topological polar surface area (TPSA) is 79.2 Å². The first-order valence-corrected chi connectivity index (χ1v) is 8.45. The van der Waals surface area contributed by atoms with Crippen LogP contribution in [0.25, 0.3) is 6.08 Å². The molecule has 1 atom stereocenters. The van der Waals surface area contributed by atoms with Crippen LogP contribution in [0.15, 0.2) is 54.3 Å². The molecule has 3 rings (SSSR count). The van der Waals surface area contributed by atoms with Gasteiger partial charge in [0.25, 0.3) is 0 Å². The monoisotopic (exact) mass is 354 g/mol. The summed E-state index contributed by atoms with van der Waals surface area (Å²) >= 11 is 0. The molecule has 2 aromatic carbocycles. The van der Waals surface area contributed by atoms with Crippen molar-refractivity contribution in [2.75, 3.05) is 7.11 Å². The van der Waals surface area contributed by atoms with Crippen LogP contribution in [0, 0.1) is 0 Å². The lowest BCUT2D eigenvalue weighted by molar-refractivity contribution is 0.105. The summed E-state index contributed by atoms with van der Waals surface area (Å²) in [6.07, 6.45) is 7.39. The third-order valence-corrected chi connectivity index (χ3v) is 4.34. The highest BCUT2D eigenvalue weighted by Gasteiger charge is 2.18.